The highest BCUT2D eigenvalue weighted by Crippen LogP contribution is 2.49. The lowest BCUT2D eigenvalue weighted by molar-refractivity contribution is 0.582. The van der Waals surface area contributed by atoms with Gasteiger partial charge in [0.15, 0.2) is 0 Å². The zero-order valence-electron chi connectivity index (χ0n) is 24.5. The van der Waals surface area contributed by atoms with Crippen molar-refractivity contribution in [2.45, 2.75) is 18.8 Å². The second-order valence-corrected chi connectivity index (χ2v) is 13.0. The maximum Gasteiger partial charge on any atom is 0.140 e. The van der Waals surface area contributed by atoms with Gasteiger partial charge in [-0.15, -0.1) is 11.3 Å². The number of aromatic nitrogens is 4. The molecular formula is C39H28N4S. The average molecular weight is 585 g/mol. The molecule has 9 rings (SSSR count). The first-order valence-corrected chi connectivity index (χ1v) is 15.8. The van der Waals surface area contributed by atoms with Gasteiger partial charge in [-0.2, -0.15) is 0 Å². The molecule has 4 aromatic heterocycles. The molecule has 1 unspecified atom stereocenters. The molecule has 0 radical (unpaired) electrons. The number of imidazole rings is 1. The summed E-state index contributed by atoms with van der Waals surface area (Å²) < 4.78 is 3.49. The number of para-hydroxylation sites is 2. The van der Waals surface area contributed by atoms with E-state index in [4.69, 9.17) is 9.97 Å². The molecule has 5 heteroatoms. The van der Waals surface area contributed by atoms with Crippen LogP contribution in [0.15, 0.2) is 115 Å². The number of aryl methyl sites for hydroxylation is 1. The van der Waals surface area contributed by atoms with Crippen molar-refractivity contribution < 1.29 is 0 Å². The number of allylic oxidation sites excluding steroid dienone is 1. The second-order valence-electron chi connectivity index (χ2n) is 12.0. The Hall–Kier alpha value is -5.13. The largest absolute Gasteiger partial charge is 0.327 e. The zero-order valence-corrected chi connectivity index (χ0v) is 25.3. The van der Waals surface area contributed by atoms with Crippen LogP contribution in [0, 0.1) is 0 Å². The van der Waals surface area contributed by atoms with Gasteiger partial charge in [0.05, 0.1) is 27.8 Å². The van der Waals surface area contributed by atoms with Crippen molar-refractivity contribution in [3.63, 3.8) is 0 Å². The molecule has 4 nitrogen and oxygen atoms in total. The summed E-state index contributed by atoms with van der Waals surface area (Å²) in [4.78, 5) is 16.1. The van der Waals surface area contributed by atoms with E-state index in [9.17, 15) is 0 Å². The lowest BCUT2D eigenvalue weighted by Gasteiger charge is -2.33. The van der Waals surface area contributed by atoms with Crippen molar-refractivity contribution in [2.75, 3.05) is 0 Å². The normalized spacial score (nSPS) is 16.3. The summed E-state index contributed by atoms with van der Waals surface area (Å²) >= 11 is 1.88. The minimum atomic E-state index is -0.150. The Morgan fingerprint density at radius 3 is 2.43 bits per heavy atom. The molecule has 44 heavy (non-hydrogen) atoms. The highest BCUT2D eigenvalue weighted by atomic mass is 32.1. The molecule has 0 bridgehead atoms. The Morgan fingerprint density at radius 2 is 1.57 bits per heavy atom. The number of pyridine rings is 2. The highest BCUT2D eigenvalue weighted by Gasteiger charge is 2.35. The molecule has 210 valence electrons. The van der Waals surface area contributed by atoms with Crippen LogP contribution in [0.2, 0.25) is 0 Å². The molecule has 4 aromatic carbocycles. The van der Waals surface area contributed by atoms with Gasteiger partial charge in [-0.25, -0.2) is 9.97 Å². The second kappa shape index (κ2) is 9.43. The van der Waals surface area contributed by atoms with Crippen LogP contribution in [-0.2, 0) is 12.5 Å². The first-order chi connectivity index (χ1) is 21.6. The molecule has 0 spiro atoms. The summed E-state index contributed by atoms with van der Waals surface area (Å²) in [6.07, 6.45) is 7.44. The van der Waals surface area contributed by atoms with Crippen LogP contribution in [0.5, 0.6) is 0 Å². The first kappa shape index (κ1) is 25.4. The van der Waals surface area contributed by atoms with Crippen LogP contribution in [0.4, 0.5) is 0 Å². The van der Waals surface area contributed by atoms with Crippen molar-refractivity contribution in [1.29, 1.82) is 0 Å². The quantitative estimate of drug-likeness (QED) is 0.194. The Bertz CT molecular complexity index is 2450. The summed E-state index contributed by atoms with van der Waals surface area (Å²) in [5, 5.41) is 3.53. The lowest BCUT2D eigenvalue weighted by atomic mass is 9.70. The van der Waals surface area contributed by atoms with Gasteiger partial charge in [0, 0.05) is 50.1 Å². The molecule has 1 aliphatic carbocycles. The molecule has 0 fully saturated rings. The molecule has 0 amide bonds. The number of nitrogens with zero attached hydrogens (tertiary/aromatic N) is 4. The number of benzene rings is 4. The Kier molecular flexibility index (Phi) is 5.44. The van der Waals surface area contributed by atoms with E-state index in [1.807, 2.05) is 29.7 Å². The van der Waals surface area contributed by atoms with Gasteiger partial charge in [0.25, 0.3) is 0 Å². The van der Waals surface area contributed by atoms with Crippen molar-refractivity contribution in [2.24, 2.45) is 7.05 Å². The van der Waals surface area contributed by atoms with Gasteiger partial charge in [-0.3, -0.25) is 4.98 Å². The molecule has 0 saturated heterocycles. The predicted octanol–water partition coefficient (Wildman–Crippen LogP) is 9.94. The fraction of sp³-hybridized carbons (Fsp3) is 0.103. The molecule has 1 atom stereocenters. The van der Waals surface area contributed by atoms with Crippen molar-refractivity contribution in [3.05, 3.63) is 131 Å². The molecule has 8 aromatic rings. The summed E-state index contributed by atoms with van der Waals surface area (Å²) in [6.45, 7) is 2.39. The van der Waals surface area contributed by atoms with Crippen LogP contribution in [0.25, 0.3) is 71.6 Å². The highest BCUT2D eigenvalue weighted by molar-refractivity contribution is 7.20. The number of thiophene rings is 1. The van der Waals surface area contributed by atoms with Crippen LogP contribution in [0.1, 0.15) is 29.3 Å². The summed E-state index contributed by atoms with van der Waals surface area (Å²) in [7, 11) is 2.09. The van der Waals surface area contributed by atoms with Gasteiger partial charge in [0.2, 0.25) is 0 Å². The van der Waals surface area contributed by atoms with E-state index in [0.717, 1.165) is 61.9 Å². The number of rotatable bonds is 3. The van der Waals surface area contributed by atoms with Gasteiger partial charge in [-0.05, 0) is 65.4 Å². The lowest BCUT2D eigenvalue weighted by Crippen LogP contribution is -2.25. The van der Waals surface area contributed by atoms with E-state index < -0.39 is 0 Å². The summed E-state index contributed by atoms with van der Waals surface area (Å²) in [5.74, 6) is 0.989. The van der Waals surface area contributed by atoms with E-state index in [-0.39, 0.29) is 5.41 Å². The standard InChI is InChI=1S/C39H28N4S/c1-39(28-17-13-26(14-18-28)38-42-31-8-3-4-9-32(31)43(38)2)21-5-10-34-35(39)29-23-27(16-20-33(29)44-34)30-19-15-25-12-11-24-7-6-22-40-36(24)37(25)41-30/h3-20,22-23H,21H2,1-2H3. The minimum absolute atomic E-state index is 0.150. The Morgan fingerprint density at radius 1 is 0.773 bits per heavy atom. The first-order valence-electron chi connectivity index (χ1n) is 15.0. The van der Waals surface area contributed by atoms with E-state index in [1.54, 1.807) is 0 Å². The van der Waals surface area contributed by atoms with Crippen LogP contribution < -0.4 is 0 Å². The monoisotopic (exact) mass is 584 g/mol. The van der Waals surface area contributed by atoms with Crippen molar-refractivity contribution in [3.8, 4) is 22.6 Å². The van der Waals surface area contributed by atoms with Gasteiger partial charge in [-0.1, -0.05) is 79.7 Å². The fourth-order valence-corrected chi connectivity index (χ4v) is 8.25. The van der Waals surface area contributed by atoms with Crippen LogP contribution >= 0.6 is 11.3 Å². The maximum absolute atomic E-state index is 5.15. The van der Waals surface area contributed by atoms with Gasteiger partial charge < -0.3 is 4.57 Å². The minimum Gasteiger partial charge on any atom is -0.327 e. The molecule has 4 heterocycles. The van der Waals surface area contributed by atoms with Gasteiger partial charge in [0.1, 0.15) is 5.82 Å². The number of hydrogen-bond donors (Lipinski definition) is 0. The molecular weight excluding hydrogens is 557 g/mol. The Balaban J connectivity index is 1.15. The number of fused-ring (bicyclic) bond motifs is 7. The third-order valence-corrected chi connectivity index (χ3v) is 10.5. The molecule has 0 aliphatic heterocycles. The van der Waals surface area contributed by atoms with Crippen LogP contribution in [-0.4, -0.2) is 19.5 Å². The van der Waals surface area contributed by atoms with E-state index >= 15 is 0 Å². The molecule has 0 N–H and O–H groups in total. The van der Waals surface area contributed by atoms with E-state index in [1.165, 1.54) is 26.1 Å². The molecule has 1 aliphatic rings. The summed E-state index contributed by atoms with van der Waals surface area (Å²) in [5.41, 5.74) is 9.86. The van der Waals surface area contributed by atoms with Crippen molar-refractivity contribution in [1.82, 2.24) is 19.5 Å². The van der Waals surface area contributed by atoms with E-state index in [2.05, 4.69) is 127 Å². The zero-order chi connectivity index (χ0) is 29.4. The van der Waals surface area contributed by atoms with Crippen molar-refractivity contribution >= 4 is 60.3 Å². The topological polar surface area (TPSA) is 43.6 Å². The number of hydrogen-bond acceptors (Lipinski definition) is 4. The maximum atomic E-state index is 5.15. The molecule has 0 saturated carbocycles. The fourth-order valence-electron chi connectivity index (χ4n) is 7.00. The third-order valence-electron chi connectivity index (χ3n) is 9.36. The third kappa shape index (κ3) is 3.72. The average Bonchev–Trinajstić information content (AvgIpc) is 3.62. The Labute approximate surface area is 259 Å². The SMILES string of the molecule is Cn1c(-c2ccc(C3(C)CC=Cc4sc5ccc(-c6ccc7ccc8cccnc8c7n6)cc5c43)cc2)nc2ccccc21. The summed E-state index contributed by atoms with van der Waals surface area (Å²) in [6, 6.07) is 36.8. The predicted molar refractivity (Wildman–Crippen MR) is 184 cm³/mol. The van der Waals surface area contributed by atoms with Crippen LogP contribution in [0.3, 0.4) is 0 Å². The smallest absolute Gasteiger partial charge is 0.140 e. The van der Waals surface area contributed by atoms with Gasteiger partial charge >= 0.3 is 0 Å². The van der Waals surface area contributed by atoms with E-state index in [0.29, 0.717) is 0 Å².